The molecule has 1 aliphatic heterocycles. The van der Waals surface area contributed by atoms with Crippen molar-refractivity contribution in [2.75, 3.05) is 32.8 Å². The van der Waals surface area contributed by atoms with Gasteiger partial charge >= 0.3 is 5.97 Å². The van der Waals surface area contributed by atoms with Crippen LogP contribution in [0.25, 0.3) is 0 Å². The van der Waals surface area contributed by atoms with Crippen LogP contribution in [0, 0.1) is 6.92 Å². The van der Waals surface area contributed by atoms with Crippen molar-refractivity contribution in [2.45, 2.75) is 32.1 Å². The highest BCUT2D eigenvalue weighted by Crippen LogP contribution is 2.36. The number of benzene rings is 2. The van der Waals surface area contributed by atoms with Gasteiger partial charge in [-0.15, -0.1) is 17.0 Å². The second-order valence-corrected chi connectivity index (χ2v) is 7.18. The summed E-state index contributed by atoms with van der Waals surface area (Å²) < 4.78 is 11.3. The topological polar surface area (TPSA) is 38.8 Å². The minimum Gasteiger partial charge on any atom is -0.492 e. The Morgan fingerprint density at radius 1 is 1.07 bits per heavy atom. The van der Waals surface area contributed by atoms with Gasteiger partial charge in [0.15, 0.2) is 0 Å². The standard InChI is InChI=1S/C23H29NO3.BrH/c1-3-26-22(25)23(20-9-5-4-6-10-20)12-14-24(15-13-23)16-17-27-21-11-7-8-19(2)18-21;/h4-11,18H,3,12-17H2,1-2H3;1H. The van der Waals surface area contributed by atoms with Crippen LogP contribution in [0.2, 0.25) is 0 Å². The number of hydrogen-bond acceptors (Lipinski definition) is 4. The first kappa shape index (κ1) is 22.4. The Labute approximate surface area is 178 Å². The smallest absolute Gasteiger partial charge is 0.316 e. The van der Waals surface area contributed by atoms with E-state index >= 15 is 0 Å². The normalized spacial score (nSPS) is 16.1. The molecule has 0 bridgehead atoms. The molecule has 0 spiro atoms. The van der Waals surface area contributed by atoms with E-state index in [2.05, 4.69) is 24.0 Å². The van der Waals surface area contributed by atoms with E-state index in [9.17, 15) is 4.79 Å². The van der Waals surface area contributed by atoms with Gasteiger partial charge in [-0.25, -0.2) is 0 Å². The fraction of sp³-hybridized carbons (Fsp3) is 0.435. The fourth-order valence-corrected chi connectivity index (χ4v) is 3.79. The van der Waals surface area contributed by atoms with Crippen LogP contribution in [0.3, 0.4) is 0 Å². The Kier molecular flexibility index (Phi) is 8.52. The van der Waals surface area contributed by atoms with Gasteiger partial charge in [0.25, 0.3) is 0 Å². The van der Waals surface area contributed by atoms with Crippen molar-refractivity contribution in [1.82, 2.24) is 4.90 Å². The molecule has 4 nitrogen and oxygen atoms in total. The number of nitrogens with zero attached hydrogens (tertiary/aromatic N) is 1. The molecule has 2 aromatic carbocycles. The van der Waals surface area contributed by atoms with Gasteiger partial charge in [0.1, 0.15) is 12.4 Å². The average molecular weight is 448 g/mol. The van der Waals surface area contributed by atoms with Gasteiger partial charge in [0.05, 0.1) is 12.0 Å². The molecule has 1 heterocycles. The SMILES string of the molecule is Br.CCOC(=O)C1(c2ccccc2)CCN(CCOc2cccc(C)c2)CC1. The summed E-state index contributed by atoms with van der Waals surface area (Å²) in [4.78, 5) is 15.2. The summed E-state index contributed by atoms with van der Waals surface area (Å²) in [6.07, 6.45) is 1.56. The number of carbonyl (C=O) groups excluding carboxylic acids is 1. The number of aryl methyl sites for hydroxylation is 1. The van der Waals surface area contributed by atoms with Gasteiger partial charge in [0.2, 0.25) is 0 Å². The number of hydrogen-bond donors (Lipinski definition) is 0. The summed E-state index contributed by atoms with van der Waals surface area (Å²) in [5.74, 6) is 0.823. The highest BCUT2D eigenvalue weighted by molar-refractivity contribution is 8.93. The monoisotopic (exact) mass is 447 g/mol. The van der Waals surface area contributed by atoms with Crippen LogP contribution in [-0.4, -0.2) is 43.7 Å². The molecule has 3 rings (SSSR count). The van der Waals surface area contributed by atoms with Crippen molar-refractivity contribution in [3.63, 3.8) is 0 Å². The third kappa shape index (κ3) is 5.36. The van der Waals surface area contributed by atoms with Crippen LogP contribution >= 0.6 is 17.0 Å². The number of halogens is 1. The maximum absolute atomic E-state index is 12.8. The second kappa shape index (κ2) is 10.6. The third-order valence-corrected chi connectivity index (χ3v) is 5.37. The fourth-order valence-electron chi connectivity index (χ4n) is 3.79. The molecule has 0 atom stereocenters. The number of esters is 1. The zero-order chi connectivity index (χ0) is 19.1. The molecule has 1 saturated heterocycles. The Morgan fingerprint density at radius 2 is 1.79 bits per heavy atom. The number of carbonyl (C=O) groups is 1. The van der Waals surface area contributed by atoms with E-state index in [1.54, 1.807) is 0 Å². The van der Waals surface area contributed by atoms with Gasteiger partial charge in [-0.2, -0.15) is 0 Å². The first-order valence-electron chi connectivity index (χ1n) is 9.78. The quantitative estimate of drug-likeness (QED) is 0.583. The molecule has 152 valence electrons. The van der Waals surface area contributed by atoms with E-state index in [0.717, 1.165) is 43.8 Å². The van der Waals surface area contributed by atoms with E-state index < -0.39 is 5.41 Å². The lowest BCUT2D eigenvalue weighted by atomic mass is 9.72. The van der Waals surface area contributed by atoms with Gasteiger partial charge in [-0.1, -0.05) is 42.5 Å². The molecule has 0 N–H and O–H groups in total. The van der Waals surface area contributed by atoms with Gasteiger partial charge in [0, 0.05) is 6.54 Å². The van der Waals surface area contributed by atoms with Crippen LogP contribution in [0.1, 0.15) is 30.9 Å². The van der Waals surface area contributed by atoms with Gasteiger partial charge < -0.3 is 9.47 Å². The van der Waals surface area contributed by atoms with Crippen LogP contribution in [0.15, 0.2) is 54.6 Å². The molecule has 0 aliphatic carbocycles. The molecule has 0 amide bonds. The lowest BCUT2D eigenvalue weighted by molar-refractivity contribution is -0.152. The van der Waals surface area contributed by atoms with Crippen LogP contribution < -0.4 is 4.74 Å². The van der Waals surface area contributed by atoms with Gasteiger partial charge in [-0.3, -0.25) is 9.69 Å². The highest BCUT2D eigenvalue weighted by atomic mass is 79.9. The number of rotatable bonds is 7. The predicted octanol–water partition coefficient (Wildman–Crippen LogP) is 4.55. The zero-order valence-electron chi connectivity index (χ0n) is 16.7. The maximum atomic E-state index is 12.8. The first-order valence-corrected chi connectivity index (χ1v) is 9.78. The number of ether oxygens (including phenoxy) is 2. The minimum atomic E-state index is -0.523. The second-order valence-electron chi connectivity index (χ2n) is 7.18. The summed E-state index contributed by atoms with van der Waals surface area (Å²) in [6.45, 7) is 7.60. The molecule has 0 saturated carbocycles. The van der Waals surface area contributed by atoms with Crippen molar-refractivity contribution in [2.24, 2.45) is 0 Å². The minimum absolute atomic E-state index is 0. The van der Waals surface area contributed by atoms with E-state index in [-0.39, 0.29) is 23.0 Å². The summed E-state index contributed by atoms with van der Waals surface area (Å²) in [5.41, 5.74) is 1.75. The van der Waals surface area contributed by atoms with E-state index in [1.165, 1.54) is 5.56 Å². The molecule has 1 fully saturated rings. The highest BCUT2D eigenvalue weighted by Gasteiger charge is 2.44. The number of piperidine rings is 1. The lowest BCUT2D eigenvalue weighted by Gasteiger charge is -2.40. The Morgan fingerprint density at radius 3 is 2.43 bits per heavy atom. The van der Waals surface area contributed by atoms with Crippen molar-refractivity contribution >= 4 is 23.0 Å². The molecule has 28 heavy (non-hydrogen) atoms. The summed E-state index contributed by atoms with van der Waals surface area (Å²) in [7, 11) is 0. The van der Waals surface area contributed by atoms with Crippen LogP contribution in [-0.2, 0) is 14.9 Å². The molecule has 0 radical (unpaired) electrons. The van der Waals surface area contributed by atoms with Crippen LogP contribution in [0.5, 0.6) is 5.75 Å². The van der Waals surface area contributed by atoms with Gasteiger partial charge in [-0.05, 0) is 63.0 Å². The molecule has 2 aromatic rings. The summed E-state index contributed by atoms with van der Waals surface area (Å²) in [6, 6.07) is 18.2. The molecule has 1 aliphatic rings. The van der Waals surface area contributed by atoms with Crippen molar-refractivity contribution in [3.05, 3.63) is 65.7 Å². The first-order chi connectivity index (χ1) is 13.1. The summed E-state index contributed by atoms with van der Waals surface area (Å²) in [5, 5.41) is 0. The van der Waals surface area contributed by atoms with Crippen LogP contribution in [0.4, 0.5) is 0 Å². The maximum Gasteiger partial charge on any atom is 0.316 e. The molecule has 0 unspecified atom stereocenters. The third-order valence-electron chi connectivity index (χ3n) is 5.37. The number of likely N-dealkylation sites (tertiary alicyclic amines) is 1. The zero-order valence-corrected chi connectivity index (χ0v) is 18.4. The molecule has 5 heteroatoms. The Hall–Kier alpha value is -1.85. The Bertz CT molecular complexity index is 743. The lowest BCUT2D eigenvalue weighted by Crippen LogP contribution is -2.48. The average Bonchev–Trinajstić information content (AvgIpc) is 2.69. The molecule has 0 aromatic heterocycles. The van der Waals surface area contributed by atoms with Crippen molar-refractivity contribution in [1.29, 1.82) is 0 Å². The molecular formula is C23H30BrNO3. The largest absolute Gasteiger partial charge is 0.492 e. The van der Waals surface area contributed by atoms with Crippen molar-refractivity contribution in [3.8, 4) is 5.75 Å². The Balaban J connectivity index is 0.00000280. The van der Waals surface area contributed by atoms with E-state index in [0.29, 0.717) is 13.2 Å². The predicted molar refractivity (Wildman–Crippen MR) is 117 cm³/mol. The summed E-state index contributed by atoms with van der Waals surface area (Å²) >= 11 is 0. The van der Waals surface area contributed by atoms with E-state index in [1.807, 2.05) is 49.4 Å². The van der Waals surface area contributed by atoms with E-state index in [4.69, 9.17) is 9.47 Å². The van der Waals surface area contributed by atoms with Crippen molar-refractivity contribution < 1.29 is 14.3 Å². The molecular weight excluding hydrogens is 418 g/mol.